The number of halogens is 1. The predicted octanol–water partition coefficient (Wildman–Crippen LogP) is 4.17. The lowest BCUT2D eigenvalue weighted by Gasteiger charge is -2.36. The van der Waals surface area contributed by atoms with Crippen LogP contribution in [0.1, 0.15) is 37.3 Å². The molecule has 1 aliphatic heterocycles. The molecule has 1 aromatic carbocycles. The lowest BCUT2D eigenvalue weighted by molar-refractivity contribution is -0.130. The molecule has 1 amide bonds. The Bertz CT molecular complexity index is 881. The first-order valence-electron chi connectivity index (χ1n) is 9.26. The number of benzene rings is 1. The maximum atomic E-state index is 13.9. The van der Waals surface area contributed by atoms with Crippen molar-refractivity contribution in [3.63, 3.8) is 0 Å². The van der Waals surface area contributed by atoms with Gasteiger partial charge in [0.2, 0.25) is 5.91 Å². The van der Waals surface area contributed by atoms with Gasteiger partial charge in [-0.15, -0.1) is 0 Å². The molecule has 2 fully saturated rings. The molecule has 1 saturated carbocycles. The van der Waals surface area contributed by atoms with E-state index >= 15 is 0 Å². The highest BCUT2D eigenvalue weighted by Gasteiger charge is 2.58. The lowest BCUT2D eigenvalue weighted by atomic mass is 9.91. The van der Waals surface area contributed by atoms with Crippen molar-refractivity contribution in [3.05, 3.63) is 52.0 Å². The second kappa shape index (κ2) is 6.97. The van der Waals surface area contributed by atoms with Crippen molar-refractivity contribution >= 4 is 22.9 Å². The molecule has 1 aromatic heterocycles. The number of carbonyl (C=O) groups excluding carboxylic acids is 1. The summed E-state index contributed by atoms with van der Waals surface area (Å²) >= 11 is 1.65. The van der Waals surface area contributed by atoms with E-state index in [0.717, 1.165) is 32.4 Å². The molecule has 6 heteroatoms. The number of nitrogens with zero attached hydrogens (tertiary/aromatic N) is 3. The quantitative estimate of drug-likeness (QED) is 0.796. The summed E-state index contributed by atoms with van der Waals surface area (Å²) in [5.74, 6) is -0.333. The molecule has 0 bridgehead atoms. The van der Waals surface area contributed by atoms with Crippen LogP contribution in [0.4, 0.5) is 10.1 Å². The Morgan fingerprint density at radius 1 is 1.41 bits per heavy atom. The van der Waals surface area contributed by atoms with Gasteiger partial charge in [0.1, 0.15) is 17.4 Å². The number of rotatable bonds is 4. The standard InChI is InChI=1S/C21H22FN3OS/c1-15(26)25(13-16-5-10-27-14-16)20-11-21(20)6-8-24(9-7-21)19-4-2-3-18(22)17(19)12-23/h2-5,10,14,20H,6-9,11,13H2,1H3/t20-/m0/s1. The summed E-state index contributed by atoms with van der Waals surface area (Å²) in [5, 5.41) is 13.4. The van der Waals surface area contributed by atoms with Crippen LogP contribution in [-0.2, 0) is 11.3 Å². The average molecular weight is 383 g/mol. The topological polar surface area (TPSA) is 47.3 Å². The average Bonchev–Trinajstić information content (AvgIpc) is 3.09. The third-order valence-corrected chi connectivity index (χ3v) is 6.80. The fourth-order valence-electron chi connectivity index (χ4n) is 4.40. The van der Waals surface area contributed by atoms with E-state index in [9.17, 15) is 14.4 Å². The zero-order valence-corrected chi connectivity index (χ0v) is 16.1. The van der Waals surface area contributed by atoms with Crippen LogP contribution in [0.25, 0.3) is 0 Å². The Balaban J connectivity index is 1.45. The molecule has 1 spiro atoms. The monoisotopic (exact) mass is 383 g/mol. The Morgan fingerprint density at radius 3 is 2.81 bits per heavy atom. The van der Waals surface area contributed by atoms with Crippen LogP contribution in [-0.4, -0.2) is 29.9 Å². The van der Waals surface area contributed by atoms with Gasteiger partial charge in [-0.05, 0) is 59.2 Å². The van der Waals surface area contributed by atoms with Gasteiger partial charge < -0.3 is 9.80 Å². The molecule has 2 aliphatic rings. The molecular weight excluding hydrogens is 361 g/mol. The molecule has 0 unspecified atom stereocenters. The molecule has 4 rings (SSSR count). The third kappa shape index (κ3) is 3.32. The van der Waals surface area contributed by atoms with Gasteiger partial charge >= 0.3 is 0 Å². The van der Waals surface area contributed by atoms with Gasteiger partial charge in [-0.3, -0.25) is 4.79 Å². The Labute approximate surface area is 162 Å². The Morgan fingerprint density at radius 2 is 2.19 bits per heavy atom. The minimum Gasteiger partial charge on any atom is -0.370 e. The predicted molar refractivity (Wildman–Crippen MR) is 104 cm³/mol. The number of anilines is 1. The molecule has 1 aliphatic carbocycles. The van der Waals surface area contributed by atoms with E-state index in [2.05, 4.69) is 16.3 Å². The van der Waals surface area contributed by atoms with Gasteiger partial charge in [0.25, 0.3) is 0 Å². The number of hydrogen-bond donors (Lipinski definition) is 0. The normalized spacial score (nSPS) is 20.3. The van der Waals surface area contributed by atoms with E-state index in [1.165, 1.54) is 11.6 Å². The van der Waals surface area contributed by atoms with Gasteiger partial charge in [-0.2, -0.15) is 16.6 Å². The number of piperidine rings is 1. The van der Waals surface area contributed by atoms with Crippen molar-refractivity contribution in [1.29, 1.82) is 5.26 Å². The van der Waals surface area contributed by atoms with Crippen LogP contribution >= 0.6 is 11.3 Å². The molecule has 2 aromatic rings. The molecule has 4 nitrogen and oxygen atoms in total. The molecule has 1 atom stereocenters. The minimum absolute atomic E-state index is 0.127. The number of thiophene rings is 1. The molecule has 27 heavy (non-hydrogen) atoms. The maximum Gasteiger partial charge on any atom is 0.220 e. The summed E-state index contributed by atoms with van der Waals surface area (Å²) < 4.78 is 13.9. The summed E-state index contributed by atoms with van der Waals surface area (Å²) in [4.78, 5) is 16.4. The van der Waals surface area contributed by atoms with Crippen LogP contribution in [0.2, 0.25) is 0 Å². The van der Waals surface area contributed by atoms with E-state index < -0.39 is 5.82 Å². The highest BCUT2D eigenvalue weighted by molar-refractivity contribution is 7.07. The molecule has 0 N–H and O–H groups in total. The zero-order chi connectivity index (χ0) is 19.0. The highest BCUT2D eigenvalue weighted by Crippen LogP contribution is 2.57. The van der Waals surface area contributed by atoms with Crippen LogP contribution in [0.5, 0.6) is 0 Å². The van der Waals surface area contributed by atoms with E-state index in [1.807, 2.05) is 22.4 Å². The molecule has 2 heterocycles. The lowest BCUT2D eigenvalue weighted by Crippen LogP contribution is -2.40. The number of nitriles is 1. The first-order chi connectivity index (χ1) is 13.0. The second-order valence-electron chi connectivity index (χ2n) is 7.59. The van der Waals surface area contributed by atoms with Crippen molar-refractivity contribution in [1.82, 2.24) is 4.90 Å². The van der Waals surface area contributed by atoms with Crippen molar-refractivity contribution in [3.8, 4) is 6.07 Å². The summed E-state index contributed by atoms with van der Waals surface area (Å²) in [6.45, 7) is 3.91. The highest BCUT2D eigenvalue weighted by atomic mass is 32.1. The van der Waals surface area contributed by atoms with Gasteiger partial charge in [0.15, 0.2) is 0 Å². The summed E-state index contributed by atoms with van der Waals surface area (Å²) in [6.07, 6.45) is 2.97. The van der Waals surface area contributed by atoms with E-state index in [0.29, 0.717) is 18.3 Å². The number of hydrogen-bond acceptors (Lipinski definition) is 4. The Hall–Kier alpha value is -2.39. The third-order valence-electron chi connectivity index (χ3n) is 6.06. The van der Waals surface area contributed by atoms with Crippen molar-refractivity contribution in [2.75, 3.05) is 18.0 Å². The van der Waals surface area contributed by atoms with Crippen LogP contribution in [0, 0.1) is 22.6 Å². The fraction of sp³-hybridized carbons (Fsp3) is 0.429. The zero-order valence-electron chi connectivity index (χ0n) is 15.3. The first kappa shape index (κ1) is 18.0. The molecule has 0 radical (unpaired) electrons. The van der Waals surface area contributed by atoms with Crippen molar-refractivity contribution in [2.45, 2.75) is 38.8 Å². The number of carbonyl (C=O) groups is 1. The van der Waals surface area contributed by atoms with Gasteiger partial charge in [0.05, 0.1) is 5.69 Å². The van der Waals surface area contributed by atoms with Crippen LogP contribution in [0.15, 0.2) is 35.0 Å². The second-order valence-corrected chi connectivity index (χ2v) is 8.37. The maximum absolute atomic E-state index is 13.9. The largest absolute Gasteiger partial charge is 0.370 e. The summed E-state index contributed by atoms with van der Waals surface area (Å²) in [6, 6.07) is 9.18. The molecule has 140 valence electrons. The van der Waals surface area contributed by atoms with E-state index in [4.69, 9.17) is 0 Å². The molecular formula is C21H22FN3OS. The van der Waals surface area contributed by atoms with E-state index in [1.54, 1.807) is 24.3 Å². The van der Waals surface area contributed by atoms with Crippen LogP contribution < -0.4 is 4.90 Å². The summed E-state index contributed by atoms with van der Waals surface area (Å²) in [5.41, 5.74) is 2.18. The van der Waals surface area contributed by atoms with Gasteiger partial charge in [0, 0.05) is 32.6 Å². The first-order valence-corrected chi connectivity index (χ1v) is 10.2. The fourth-order valence-corrected chi connectivity index (χ4v) is 5.06. The van der Waals surface area contributed by atoms with Crippen molar-refractivity contribution in [2.24, 2.45) is 5.41 Å². The van der Waals surface area contributed by atoms with Crippen molar-refractivity contribution < 1.29 is 9.18 Å². The smallest absolute Gasteiger partial charge is 0.220 e. The van der Waals surface area contributed by atoms with Gasteiger partial charge in [-0.1, -0.05) is 6.07 Å². The number of amides is 1. The SMILES string of the molecule is CC(=O)N(Cc1ccsc1)[C@H]1CC12CCN(c1cccc(F)c1C#N)CC2. The summed E-state index contributed by atoms with van der Waals surface area (Å²) in [7, 11) is 0. The Kier molecular flexibility index (Phi) is 4.65. The minimum atomic E-state index is -0.460. The van der Waals surface area contributed by atoms with E-state index in [-0.39, 0.29) is 16.9 Å². The van der Waals surface area contributed by atoms with Crippen LogP contribution in [0.3, 0.4) is 0 Å². The van der Waals surface area contributed by atoms with Gasteiger partial charge in [-0.25, -0.2) is 4.39 Å². The molecule has 1 saturated heterocycles.